The summed E-state index contributed by atoms with van der Waals surface area (Å²) in [6.45, 7) is 2.07. The zero-order valence-electron chi connectivity index (χ0n) is 14.0. The molecule has 0 unspecified atom stereocenters. The molecule has 2 amide bonds. The van der Waals surface area contributed by atoms with Gasteiger partial charge in [-0.05, 0) is 49.1 Å². The van der Waals surface area contributed by atoms with E-state index < -0.39 is 5.41 Å². The monoisotopic (exact) mass is 333 g/mol. The number of nitriles is 1. The Balaban J connectivity index is 1.71. The second-order valence-corrected chi connectivity index (χ2v) is 6.20. The minimum atomic E-state index is -1.05. The maximum absolute atomic E-state index is 12.6. The molecule has 0 radical (unpaired) electrons. The number of hydrogen-bond acceptors (Lipinski definition) is 3. The van der Waals surface area contributed by atoms with E-state index in [1.54, 1.807) is 24.3 Å². The van der Waals surface area contributed by atoms with E-state index in [1.165, 1.54) is 5.56 Å². The molecule has 1 aliphatic rings. The molecule has 0 atom stereocenters. The van der Waals surface area contributed by atoms with E-state index in [0.717, 1.165) is 6.42 Å². The van der Waals surface area contributed by atoms with Gasteiger partial charge in [0.05, 0.1) is 11.3 Å². The van der Waals surface area contributed by atoms with Crippen molar-refractivity contribution in [3.05, 3.63) is 59.7 Å². The molecule has 0 aliphatic heterocycles. The lowest BCUT2D eigenvalue weighted by atomic mass is 10.0. The van der Waals surface area contributed by atoms with Crippen molar-refractivity contribution in [3.8, 4) is 6.07 Å². The number of carbonyl (C=O) groups is 2. The van der Waals surface area contributed by atoms with Crippen molar-refractivity contribution in [3.63, 3.8) is 0 Å². The highest BCUT2D eigenvalue weighted by molar-refractivity contribution is 6.17. The molecule has 0 saturated heterocycles. The Morgan fingerprint density at radius 2 is 1.68 bits per heavy atom. The SMILES string of the molecule is CCc1ccc(NC(=O)C2(C(=O)Nc3ccccc3C#N)CC2)cc1. The molecule has 2 N–H and O–H groups in total. The molecule has 1 fully saturated rings. The average molecular weight is 333 g/mol. The number of hydrogen-bond donors (Lipinski definition) is 2. The van der Waals surface area contributed by atoms with E-state index in [9.17, 15) is 9.59 Å². The first-order valence-corrected chi connectivity index (χ1v) is 8.30. The molecule has 126 valence electrons. The van der Waals surface area contributed by atoms with Gasteiger partial charge in [0.15, 0.2) is 0 Å². The van der Waals surface area contributed by atoms with Crippen LogP contribution in [-0.2, 0) is 16.0 Å². The van der Waals surface area contributed by atoms with Crippen molar-refractivity contribution in [2.24, 2.45) is 5.41 Å². The van der Waals surface area contributed by atoms with E-state index in [2.05, 4.69) is 17.6 Å². The van der Waals surface area contributed by atoms with E-state index in [0.29, 0.717) is 29.8 Å². The second kappa shape index (κ2) is 6.78. The van der Waals surface area contributed by atoms with E-state index in [-0.39, 0.29) is 11.8 Å². The fraction of sp³-hybridized carbons (Fsp3) is 0.250. The van der Waals surface area contributed by atoms with Gasteiger partial charge >= 0.3 is 0 Å². The van der Waals surface area contributed by atoms with Gasteiger partial charge in [0.2, 0.25) is 11.8 Å². The van der Waals surface area contributed by atoms with Crippen molar-refractivity contribution in [2.45, 2.75) is 26.2 Å². The topological polar surface area (TPSA) is 82.0 Å². The summed E-state index contributed by atoms with van der Waals surface area (Å²) in [5, 5.41) is 14.7. The predicted molar refractivity (Wildman–Crippen MR) is 95.9 cm³/mol. The molecule has 1 saturated carbocycles. The first-order valence-electron chi connectivity index (χ1n) is 8.30. The first-order chi connectivity index (χ1) is 12.1. The van der Waals surface area contributed by atoms with Crippen LogP contribution in [0.3, 0.4) is 0 Å². The van der Waals surface area contributed by atoms with Gasteiger partial charge in [-0.25, -0.2) is 0 Å². The Bertz CT molecular complexity index is 846. The van der Waals surface area contributed by atoms with Gasteiger partial charge in [0.1, 0.15) is 11.5 Å². The van der Waals surface area contributed by atoms with Crippen molar-refractivity contribution in [1.82, 2.24) is 0 Å². The molecule has 25 heavy (non-hydrogen) atoms. The summed E-state index contributed by atoms with van der Waals surface area (Å²) in [6, 6.07) is 16.4. The van der Waals surface area contributed by atoms with E-state index >= 15 is 0 Å². The Morgan fingerprint density at radius 1 is 1.04 bits per heavy atom. The molecule has 0 spiro atoms. The Hall–Kier alpha value is -3.13. The van der Waals surface area contributed by atoms with Crippen LogP contribution < -0.4 is 10.6 Å². The lowest BCUT2D eigenvalue weighted by Crippen LogP contribution is -2.35. The number of amides is 2. The van der Waals surface area contributed by atoms with Crippen LogP contribution in [0.15, 0.2) is 48.5 Å². The maximum atomic E-state index is 12.6. The van der Waals surface area contributed by atoms with Crippen molar-refractivity contribution in [1.29, 1.82) is 5.26 Å². The summed E-state index contributed by atoms with van der Waals surface area (Å²) in [5.41, 5.74) is 1.62. The zero-order chi connectivity index (χ0) is 17.9. The quantitative estimate of drug-likeness (QED) is 0.822. The number of carbonyl (C=O) groups excluding carboxylic acids is 2. The largest absolute Gasteiger partial charge is 0.325 e. The number of nitrogens with one attached hydrogen (secondary N) is 2. The lowest BCUT2D eigenvalue weighted by Gasteiger charge is -2.16. The van der Waals surface area contributed by atoms with Crippen LogP contribution in [0, 0.1) is 16.7 Å². The highest BCUT2D eigenvalue weighted by Crippen LogP contribution is 2.47. The molecule has 2 aromatic rings. The van der Waals surface area contributed by atoms with Gasteiger partial charge in [-0.2, -0.15) is 5.26 Å². The normalized spacial score (nSPS) is 14.2. The third-order valence-corrected chi connectivity index (χ3v) is 4.54. The standard InChI is InChI=1S/C20H19N3O2/c1-2-14-7-9-16(10-8-14)22-18(24)20(11-12-20)19(25)23-17-6-4-3-5-15(17)13-21/h3-10H,2,11-12H2,1H3,(H,22,24)(H,23,25). The molecular weight excluding hydrogens is 314 g/mol. The van der Waals surface area contributed by atoms with Crippen LogP contribution >= 0.6 is 0 Å². The van der Waals surface area contributed by atoms with Crippen LogP contribution in [0.5, 0.6) is 0 Å². The minimum Gasteiger partial charge on any atom is -0.325 e. The predicted octanol–water partition coefficient (Wildman–Crippen LogP) is 3.48. The lowest BCUT2D eigenvalue weighted by molar-refractivity contribution is -0.131. The van der Waals surface area contributed by atoms with E-state index in [1.807, 2.05) is 30.3 Å². The summed E-state index contributed by atoms with van der Waals surface area (Å²) in [7, 11) is 0. The highest BCUT2D eigenvalue weighted by atomic mass is 16.2. The van der Waals surface area contributed by atoms with Gasteiger partial charge in [-0.3, -0.25) is 9.59 Å². The molecule has 1 aliphatic carbocycles. The van der Waals surface area contributed by atoms with Crippen LogP contribution in [-0.4, -0.2) is 11.8 Å². The van der Waals surface area contributed by atoms with E-state index in [4.69, 9.17) is 5.26 Å². The van der Waals surface area contributed by atoms with Crippen LogP contribution in [0.1, 0.15) is 30.9 Å². The Labute approximate surface area is 146 Å². The summed E-state index contributed by atoms with van der Waals surface area (Å²) in [4.78, 5) is 25.2. The highest BCUT2D eigenvalue weighted by Gasteiger charge is 2.56. The van der Waals surface area contributed by atoms with Gasteiger partial charge < -0.3 is 10.6 Å². The number of nitrogens with zero attached hydrogens (tertiary/aromatic N) is 1. The summed E-state index contributed by atoms with van der Waals surface area (Å²) in [5.74, 6) is -0.665. The van der Waals surface area contributed by atoms with Crippen LogP contribution in [0.25, 0.3) is 0 Å². The first kappa shape index (κ1) is 16.7. The Kier molecular flexibility index (Phi) is 4.53. The number of benzene rings is 2. The van der Waals surface area contributed by atoms with Gasteiger partial charge in [-0.1, -0.05) is 31.2 Å². The molecule has 0 heterocycles. The number of para-hydroxylation sites is 1. The average Bonchev–Trinajstić information content (AvgIpc) is 3.45. The van der Waals surface area contributed by atoms with Crippen LogP contribution in [0.2, 0.25) is 0 Å². The molecule has 0 bridgehead atoms. The van der Waals surface area contributed by atoms with Crippen molar-refractivity contribution in [2.75, 3.05) is 10.6 Å². The summed E-state index contributed by atoms with van der Waals surface area (Å²) < 4.78 is 0. The third kappa shape index (κ3) is 3.38. The number of anilines is 2. The maximum Gasteiger partial charge on any atom is 0.240 e. The molecule has 5 nitrogen and oxygen atoms in total. The number of aryl methyl sites for hydroxylation is 1. The molecule has 5 heteroatoms. The van der Waals surface area contributed by atoms with Gasteiger partial charge in [-0.15, -0.1) is 0 Å². The number of rotatable bonds is 5. The third-order valence-electron chi connectivity index (χ3n) is 4.54. The fourth-order valence-electron chi connectivity index (χ4n) is 2.69. The smallest absolute Gasteiger partial charge is 0.240 e. The molecular formula is C20H19N3O2. The zero-order valence-corrected chi connectivity index (χ0v) is 14.0. The van der Waals surface area contributed by atoms with Gasteiger partial charge in [0, 0.05) is 5.69 Å². The van der Waals surface area contributed by atoms with Crippen molar-refractivity contribution >= 4 is 23.2 Å². The Morgan fingerprint density at radius 3 is 2.28 bits per heavy atom. The molecule has 0 aromatic heterocycles. The fourth-order valence-corrected chi connectivity index (χ4v) is 2.69. The van der Waals surface area contributed by atoms with Gasteiger partial charge in [0.25, 0.3) is 0 Å². The second-order valence-electron chi connectivity index (χ2n) is 6.20. The molecule has 3 rings (SSSR count). The summed E-state index contributed by atoms with van der Waals surface area (Å²) in [6.07, 6.45) is 1.94. The minimum absolute atomic E-state index is 0.302. The van der Waals surface area contributed by atoms with Crippen LogP contribution in [0.4, 0.5) is 11.4 Å². The summed E-state index contributed by atoms with van der Waals surface area (Å²) >= 11 is 0. The molecule has 2 aromatic carbocycles. The van der Waals surface area contributed by atoms with Crippen molar-refractivity contribution < 1.29 is 9.59 Å².